The van der Waals surface area contributed by atoms with E-state index in [1.165, 1.54) is 28.6 Å². The van der Waals surface area contributed by atoms with Crippen LogP contribution in [0.5, 0.6) is 0 Å². The van der Waals surface area contributed by atoms with Gasteiger partial charge in [0.05, 0.1) is 4.90 Å². The van der Waals surface area contributed by atoms with Crippen LogP contribution >= 0.6 is 11.6 Å². The molecular weight excluding hydrogens is 560 g/mol. The van der Waals surface area contributed by atoms with Gasteiger partial charge in [-0.2, -0.15) is 4.31 Å². The number of amides is 2. The number of halogens is 1. The number of sulfonamides is 1. The van der Waals surface area contributed by atoms with Crippen LogP contribution in [-0.4, -0.2) is 61.2 Å². The minimum Gasteiger partial charge on any atom is -0.383 e. The molecule has 2 heterocycles. The maximum absolute atomic E-state index is 13.8. The van der Waals surface area contributed by atoms with Gasteiger partial charge in [-0.3, -0.25) is 9.59 Å². The smallest absolute Gasteiger partial charge is 0.254 e. The van der Waals surface area contributed by atoms with E-state index in [1.807, 2.05) is 35.2 Å². The quantitative estimate of drug-likeness (QED) is 0.367. The van der Waals surface area contributed by atoms with Crippen LogP contribution < -0.4 is 10.6 Å². The first kappa shape index (κ1) is 29.1. The molecule has 8 nitrogen and oxygen atoms in total. The van der Waals surface area contributed by atoms with Crippen molar-refractivity contribution in [2.45, 2.75) is 55.6 Å². The minimum atomic E-state index is -4.01. The number of rotatable bonds is 9. The first-order valence-corrected chi connectivity index (χ1v) is 15.9. The van der Waals surface area contributed by atoms with Gasteiger partial charge < -0.3 is 15.5 Å². The number of carbonyl (C=O) groups is 2. The lowest BCUT2D eigenvalue weighted by Gasteiger charge is -2.29. The Morgan fingerprint density at radius 2 is 1.68 bits per heavy atom. The van der Waals surface area contributed by atoms with Gasteiger partial charge >= 0.3 is 0 Å². The fourth-order valence-electron chi connectivity index (χ4n) is 5.51. The molecule has 0 spiro atoms. The molecule has 5 rings (SSSR count). The molecule has 3 aromatic carbocycles. The van der Waals surface area contributed by atoms with Gasteiger partial charge in [-0.15, -0.1) is 0 Å². The number of anilines is 1. The number of carbonyl (C=O) groups excluding carboxylic acids is 2. The van der Waals surface area contributed by atoms with Crippen LogP contribution in [0.25, 0.3) is 0 Å². The second kappa shape index (κ2) is 13.1. The van der Waals surface area contributed by atoms with Crippen LogP contribution in [0.3, 0.4) is 0 Å². The van der Waals surface area contributed by atoms with E-state index in [9.17, 15) is 18.0 Å². The summed E-state index contributed by atoms with van der Waals surface area (Å²) in [5.74, 6) is -0.335. The summed E-state index contributed by atoms with van der Waals surface area (Å²) in [6, 6.07) is 22.2. The zero-order valence-electron chi connectivity index (χ0n) is 22.8. The average Bonchev–Trinajstić information content (AvgIpc) is 3.36. The SMILES string of the molecule is O=C1NCCCC[C@H]1N(Cc1ccc(C(=O)N2CCC[C@H]2CNc2ccccc2)cc1)S(=O)(=O)c1ccc(Cl)cc1. The fourth-order valence-corrected chi connectivity index (χ4v) is 7.24. The van der Waals surface area contributed by atoms with E-state index in [1.54, 1.807) is 24.3 Å². The maximum Gasteiger partial charge on any atom is 0.254 e. The summed E-state index contributed by atoms with van der Waals surface area (Å²) in [4.78, 5) is 28.4. The van der Waals surface area contributed by atoms with Crippen LogP contribution in [0, 0.1) is 0 Å². The highest BCUT2D eigenvalue weighted by Gasteiger charge is 2.37. The van der Waals surface area contributed by atoms with Gasteiger partial charge in [0, 0.05) is 48.5 Å². The van der Waals surface area contributed by atoms with Crippen molar-refractivity contribution in [2.24, 2.45) is 0 Å². The summed E-state index contributed by atoms with van der Waals surface area (Å²) in [7, 11) is -4.01. The highest BCUT2D eigenvalue weighted by molar-refractivity contribution is 7.89. The molecule has 2 fully saturated rings. The third-order valence-corrected chi connectivity index (χ3v) is 9.89. The van der Waals surface area contributed by atoms with E-state index in [2.05, 4.69) is 10.6 Å². The van der Waals surface area contributed by atoms with Crippen molar-refractivity contribution in [2.75, 3.05) is 25.0 Å². The van der Waals surface area contributed by atoms with Gasteiger partial charge in [-0.05, 0) is 86.2 Å². The number of hydrogen-bond acceptors (Lipinski definition) is 5. The monoisotopic (exact) mass is 594 g/mol. The third-order valence-electron chi connectivity index (χ3n) is 7.77. The summed E-state index contributed by atoms with van der Waals surface area (Å²) in [6.45, 7) is 1.91. The Labute approximate surface area is 246 Å². The Morgan fingerprint density at radius 1 is 0.951 bits per heavy atom. The van der Waals surface area contributed by atoms with Crippen LogP contribution in [0.4, 0.5) is 5.69 Å². The van der Waals surface area contributed by atoms with Crippen molar-refractivity contribution in [3.63, 3.8) is 0 Å². The Hall–Kier alpha value is -3.40. The molecule has 10 heteroatoms. The first-order valence-electron chi connectivity index (χ1n) is 14.1. The normalized spacial score (nSPS) is 19.6. The Kier molecular flexibility index (Phi) is 9.27. The third kappa shape index (κ3) is 6.92. The van der Waals surface area contributed by atoms with Gasteiger partial charge in [0.2, 0.25) is 15.9 Å². The summed E-state index contributed by atoms with van der Waals surface area (Å²) in [5.41, 5.74) is 2.27. The largest absolute Gasteiger partial charge is 0.383 e. The number of benzene rings is 3. The molecule has 216 valence electrons. The molecule has 0 aliphatic carbocycles. The zero-order valence-corrected chi connectivity index (χ0v) is 24.4. The van der Waals surface area contributed by atoms with Crippen molar-refractivity contribution in [3.8, 4) is 0 Å². The molecule has 2 aliphatic rings. The van der Waals surface area contributed by atoms with Gasteiger partial charge in [0.25, 0.3) is 5.91 Å². The number of nitrogens with zero attached hydrogens (tertiary/aromatic N) is 2. The number of likely N-dealkylation sites (tertiary alicyclic amines) is 1. The molecule has 0 bridgehead atoms. The molecule has 2 amide bonds. The highest BCUT2D eigenvalue weighted by Crippen LogP contribution is 2.27. The van der Waals surface area contributed by atoms with Crippen LogP contribution in [-0.2, 0) is 21.4 Å². The molecule has 2 atom stereocenters. The number of hydrogen-bond donors (Lipinski definition) is 2. The van der Waals surface area contributed by atoms with Crippen LogP contribution in [0.15, 0.2) is 83.8 Å². The molecule has 2 aliphatic heterocycles. The summed E-state index contributed by atoms with van der Waals surface area (Å²) < 4.78 is 28.9. The second-order valence-electron chi connectivity index (χ2n) is 10.5. The van der Waals surface area contributed by atoms with E-state index in [0.29, 0.717) is 42.2 Å². The fraction of sp³-hybridized carbons (Fsp3) is 0.355. The van der Waals surface area contributed by atoms with E-state index in [-0.39, 0.29) is 29.3 Å². The van der Waals surface area contributed by atoms with Crippen LogP contribution in [0.1, 0.15) is 48.0 Å². The molecule has 0 radical (unpaired) electrons. The second-order valence-corrected chi connectivity index (χ2v) is 12.9. The minimum absolute atomic E-state index is 0.00481. The lowest BCUT2D eigenvalue weighted by Crippen LogP contribution is -2.48. The molecule has 2 saturated heterocycles. The predicted octanol–water partition coefficient (Wildman–Crippen LogP) is 4.92. The number of para-hydroxylation sites is 1. The lowest BCUT2D eigenvalue weighted by atomic mass is 10.1. The Morgan fingerprint density at radius 3 is 2.41 bits per heavy atom. The van der Waals surface area contributed by atoms with Gasteiger partial charge in [0.15, 0.2) is 0 Å². The molecule has 0 aromatic heterocycles. The van der Waals surface area contributed by atoms with E-state index in [4.69, 9.17) is 11.6 Å². The zero-order chi connectivity index (χ0) is 28.8. The van der Waals surface area contributed by atoms with Crippen molar-refractivity contribution < 1.29 is 18.0 Å². The van der Waals surface area contributed by atoms with Crippen molar-refractivity contribution in [1.29, 1.82) is 0 Å². The molecule has 0 unspecified atom stereocenters. The highest BCUT2D eigenvalue weighted by atomic mass is 35.5. The van der Waals surface area contributed by atoms with Crippen LogP contribution in [0.2, 0.25) is 5.02 Å². The predicted molar refractivity (Wildman–Crippen MR) is 160 cm³/mol. The Bertz CT molecular complexity index is 1450. The van der Waals surface area contributed by atoms with Gasteiger partial charge in [-0.1, -0.05) is 41.9 Å². The van der Waals surface area contributed by atoms with E-state index in [0.717, 1.165) is 31.4 Å². The summed E-state index contributed by atoms with van der Waals surface area (Å²) >= 11 is 6.00. The Balaban J connectivity index is 1.33. The topological polar surface area (TPSA) is 98.8 Å². The molecular formula is C31H35ClN4O4S. The maximum atomic E-state index is 13.8. The van der Waals surface area contributed by atoms with E-state index < -0.39 is 16.1 Å². The van der Waals surface area contributed by atoms with Gasteiger partial charge in [-0.25, -0.2) is 8.42 Å². The lowest BCUT2D eigenvalue weighted by molar-refractivity contribution is -0.124. The van der Waals surface area contributed by atoms with Gasteiger partial charge in [0.1, 0.15) is 6.04 Å². The standard InChI is InChI=1S/C31H35ClN4O4S/c32-25-15-17-28(18-16-25)41(39,40)36(29-10-4-5-19-33-30(29)37)22-23-11-13-24(14-12-23)31(38)35-20-6-9-27(35)21-34-26-7-2-1-3-8-26/h1-3,7-8,11-18,27,29,34H,4-6,9-10,19-22H2,(H,33,37)/t27-,29+/m0/s1. The molecule has 41 heavy (non-hydrogen) atoms. The van der Waals surface area contributed by atoms with Crippen molar-refractivity contribution >= 4 is 39.1 Å². The number of nitrogens with one attached hydrogen (secondary N) is 2. The summed E-state index contributed by atoms with van der Waals surface area (Å²) in [5, 5.41) is 6.71. The molecule has 0 saturated carbocycles. The van der Waals surface area contributed by atoms with Crippen molar-refractivity contribution in [3.05, 3.63) is 95.0 Å². The summed E-state index contributed by atoms with van der Waals surface area (Å²) in [6.07, 6.45) is 3.85. The molecule has 2 N–H and O–H groups in total. The average molecular weight is 595 g/mol. The molecule has 3 aromatic rings. The first-order chi connectivity index (χ1) is 19.8. The van der Waals surface area contributed by atoms with Crippen molar-refractivity contribution in [1.82, 2.24) is 14.5 Å². The van der Waals surface area contributed by atoms with E-state index >= 15 is 0 Å².